The van der Waals surface area contributed by atoms with Gasteiger partial charge in [0.05, 0.1) is 22.5 Å². The summed E-state index contributed by atoms with van der Waals surface area (Å²) < 4.78 is 0. The lowest BCUT2D eigenvalue weighted by Gasteiger charge is -2.11. The molecule has 23 heavy (non-hydrogen) atoms. The van der Waals surface area contributed by atoms with Crippen molar-refractivity contribution in [3.05, 3.63) is 71.3 Å². The molecular weight excluding hydrogens is 292 g/mol. The highest BCUT2D eigenvalue weighted by atomic mass is 16.4. The summed E-state index contributed by atoms with van der Waals surface area (Å²) in [6.45, 7) is 1.73. The number of amides is 1. The van der Waals surface area contributed by atoms with Gasteiger partial charge in [-0.2, -0.15) is 10.1 Å². The normalized spacial score (nSPS) is 15.9. The second kappa shape index (κ2) is 5.88. The van der Waals surface area contributed by atoms with Crippen molar-refractivity contribution in [1.82, 2.24) is 0 Å². The first kappa shape index (κ1) is 14.7. The molecule has 1 aliphatic rings. The highest BCUT2D eigenvalue weighted by Crippen LogP contribution is 2.25. The molecular formula is C18H14N2O3. The van der Waals surface area contributed by atoms with Gasteiger partial charge in [0.2, 0.25) is 0 Å². The van der Waals surface area contributed by atoms with E-state index in [1.54, 1.807) is 43.3 Å². The topological polar surface area (TPSA) is 70.0 Å². The third kappa shape index (κ3) is 2.76. The van der Waals surface area contributed by atoms with E-state index in [1.165, 1.54) is 11.1 Å². The minimum Gasteiger partial charge on any atom is -0.478 e. The molecule has 0 unspecified atom stereocenters. The molecule has 0 radical (unpaired) electrons. The maximum atomic E-state index is 12.6. The first-order chi connectivity index (χ1) is 11.1. The minimum atomic E-state index is -1.03. The van der Waals surface area contributed by atoms with Crippen LogP contribution in [0.3, 0.4) is 0 Å². The minimum absolute atomic E-state index is 0.152. The Bertz CT molecular complexity index is 838. The SMILES string of the molecule is CC1=NN(c2ccccc2)C(=O)/C1=C\c1ccccc1C(=O)O. The van der Waals surface area contributed by atoms with Crippen LogP contribution in [-0.2, 0) is 4.79 Å². The van der Waals surface area contributed by atoms with Crippen LogP contribution in [-0.4, -0.2) is 22.7 Å². The summed E-state index contributed by atoms with van der Waals surface area (Å²) in [5.41, 5.74) is 2.25. The van der Waals surface area contributed by atoms with Crippen LogP contribution in [0.2, 0.25) is 0 Å². The number of aromatic carboxylic acids is 1. The molecule has 1 heterocycles. The number of hydrazone groups is 1. The molecule has 5 nitrogen and oxygen atoms in total. The summed E-state index contributed by atoms with van der Waals surface area (Å²) in [4.78, 5) is 23.9. The van der Waals surface area contributed by atoms with E-state index in [0.29, 0.717) is 22.5 Å². The number of carboxylic acid groups (broad SMARTS) is 1. The van der Waals surface area contributed by atoms with Gasteiger partial charge in [-0.05, 0) is 36.8 Å². The summed E-state index contributed by atoms with van der Waals surface area (Å²) in [5, 5.41) is 14.8. The molecule has 0 fully saturated rings. The Labute approximate surface area is 133 Å². The first-order valence-electron chi connectivity index (χ1n) is 7.07. The van der Waals surface area contributed by atoms with Gasteiger partial charge < -0.3 is 5.11 Å². The Morgan fingerprint density at radius 1 is 1.09 bits per heavy atom. The standard InChI is InChI=1S/C18H14N2O3/c1-12-16(11-13-7-5-6-10-15(13)18(22)23)17(21)20(19-12)14-8-3-2-4-9-14/h2-11H,1H3,(H,22,23)/b16-11-. The fourth-order valence-electron chi connectivity index (χ4n) is 2.40. The molecule has 1 aliphatic heterocycles. The lowest BCUT2D eigenvalue weighted by atomic mass is 10.0. The van der Waals surface area contributed by atoms with E-state index >= 15 is 0 Å². The number of hydrogen-bond acceptors (Lipinski definition) is 3. The number of hydrogen-bond donors (Lipinski definition) is 1. The number of benzene rings is 2. The molecule has 0 aromatic heterocycles. The summed E-state index contributed by atoms with van der Waals surface area (Å²) in [5.74, 6) is -1.30. The maximum absolute atomic E-state index is 12.6. The molecule has 1 N–H and O–H groups in total. The number of nitrogens with zero attached hydrogens (tertiary/aromatic N) is 2. The molecule has 0 saturated carbocycles. The summed E-state index contributed by atoms with van der Waals surface area (Å²) in [7, 11) is 0. The van der Waals surface area contributed by atoms with Gasteiger partial charge in [-0.15, -0.1) is 0 Å². The molecule has 0 spiro atoms. The molecule has 3 rings (SSSR count). The molecule has 0 aliphatic carbocycles. The van der Waals surface area contributed by atoms with Gasteiger partial charge in [0.1, 0.15) is 0 Å². The van der Waals surface area contributed by atoms with Gasteiger partial charge in [-0.25, -0.2) is 4.79 Å². The third-order valence-corrected chi connectivity index (χ3v) is 3.55. The molecule has 0 bridgehead atoms. The van der Waals surface area contributed by atoms with Crippen LogP contribution in [0.5, 0.6) is 0 Å². The van der Waals surface area contributed by atoms with Gasteiger partial charge in [-0.3, -0.25) is 4.79 Å². The largest absolute Gasteiger partial charge is 0.478 e. The van der Waals surface area contributed by atoms with Gasteiger partial charge >= 0.3 is 5.97 Å². The smallest absolute Gasteiger partial charge is 0.336 e. The van der Waals surface area contributed by atoms with E-state index in [1.807, 2.05) is 18.2 Å². The van der Waals surface area contributed by atoms with Crippen molar-refractivity contribution in [1.29, 1.82) is 0 Å². The van der Waals surface area contributed by atoms with Crippen molar-refractivity contribution < 1.29 is 14.7 Å². The predicted octanol–water partition coefficient (Wildman–Crippen LogP) is 3.19. The van der Waals surface area contributed by atoms with Crippen molar-refractivity contribution in [2.24, 2.45) is 5.10 Å². The van der Waals surface area contributed by atoms with E-state index in [4.69, 9.17) is 0 Å². The van der Waals surface area contributed by atoms with E-state index in [9.17, 15) is 14.7 Å². The molecule has 0 atom stereocenters. The Kier molecular flexibility index (Phi) is 3.76. The van der Waals surface area contributed by atoms with E-state index in [2.05, 4.69) is 5.10 Å². The van der Waals surface area contributed by atoms with Crippen LogP contribution in [0.15, 0.2) is 65.3 Å². The highest BCUT2D eigenvalue weighted by Gasteiger charge is 2.28. The van der Waals surface area contributed by atoms with Crippen LogP contribution in [0.4, 0.5) is 5.69 Å². The van der Waals surface area contributed by atoms with Crippen LogP contribution >= 0.6 is 0 Å². The van der Waals surface area contributed by atoms with E-state index in [0.717, 1.165) is 0 Å². The zero-order chi connectivity index (χ0) is 16.4. The molecule has 2 aromatic carbocycles. The molecule has 0 saturated heterocycles. The summed E-state index contributed by atoms with van der Waals surface area (Å²) >= 11 is 0. The number of carboxylic acids is 1. The highest BCUT2D eigenvalue weighted by molar-refractivity contribution is 6.32. The van der Waals surface area contributed by atoms with Gasteiger partial charge in [0.15, 0.2) is 0 Å². The quantitative estimate of drug-likeness (QED) is 0.885. The van der Waals surface area contributed by atoms with Crippen LogP contribution in [0.1, 0.15) is 22.8 Å². The Balaban J connectivity index is 2.01. The lowest BCUT2D eigenvalue weighted by molar-refractivity contribution is -0.114. The predicted molar refractivity (Wildman–Crippen MR) is 88.4 cm³/mol. The lowest BCUT2D eigenvalue weighted by Crippen LogP contribution is -2.21. The van der Waals surface area contributed by atoms with Gasteiger partial charge in [0, 0.05) is 0 Å². The Morgan fingerprint density at radius 2 is 1.74 bits per heavy atom. The average Bonchev–Trinajstić information content (AvgIpc) is 2.84. The second-order valence-electron chi connectivity index (χ2n) is 5.09. The number of para-hydroxylation sites is 1. The van der Waals surface area contributed by atoms with E-state index in [-0.39, 0.29) is 11.5 Å². The average molecular weight is 306 g/mol. The Morgan fingerprint density at radius 3 is 2.43 bits per heavy atom. The van der Waals surface area contributed by atoms with Crippen molar-refractivity contribution in [3.63, 3.8) is 0 Å². The Hall–Kier alpha value is -3.21. The van der Waals surface area contributed by atoms with Crippen LogP contribution < -0.4 is 5.01 Å². The number of rotatable bonds is 3. The number of anilines is 1. The van der Waals surface area contributed by atoms with Crippen molar-refractivity contribution >= 4 is 29.4 Å². The fourth-order valence-corrected chi connectivity index (χ4v) is 2.40. The fraction of sp³-hybridized carbons (Fsp3) is 0.0556. The van der Waals surface area contributed by atoms with Gasteiger partial charge in [-0.1, -0.05) is 36.4 Å². The van der Waals surface area contributed by atoms with Crippen molar-refractivity contribution in [2.45, 2.75) is 6.92 Å². The van der Waals surface area contributed by atoms with Crippen molar-refractivity contribution in [2.75, 3.05) is 5.01 Å². The van der Waals surface area contributed by atoms with E-state index < -0.39 is 5.97 Å². The van der Waals surface area contributed by atoms with Gasteiger partial charge in [0.25, 0.3) is 5.91 Å². The molecule has 2 aromatic rings. The zero-order valence-electron chi connectivity index (χ0n) is 12.4. The van der Waals surface area contributed by atoms with Crippen LogP contribution in [0, 0.1) is 0 Å². The zero-order valence-corrected chi connectivity index (χ0v) is 12.4. The van der Waals surface area contributed by atoms with Crippen LogP contribution in [0.25, 0.3) is 6.08 Å². The number of carbonyl (C=O) groups is 2. The van der Waals surface area contributed by atoms with Crippen molar-refractivity contribution in [3.8, 4) is 0 Å². The molecule has 5 heteroatoms. The molecule has 114 valence electrons. The third-order valence-electron chi connectivity index (χ3n) is 3.55. The monoisotopic (exact) mass is 306 g/mol. The summed E-state index contributed by atoms with van der Waals surface area (Å²) in [6.07, 6.45) is 1.58. The second-order valence-corrected chi connectivity index (χ2v) is 5.09. The first-order valence-corrected chi connectivity index (χ1v) is 7.07. The maximum Gasteiger partial charge on any atom is 0.336 e. The summed E-state index contributed by atoms with van der Waals surface area (Å²) in [6, 6.07) is 15.7. The number of carbonyl (C=O) groups excluding carboxylic acids is 1. The molecule has 1 amide bonds.